The molecule has 0 fully saturated rings. The molecule has 2 rings (SSSR count). The van der Waals surface area contributed by atoms with Gasteiger partial charge in [0, 0.05) is 23.3 Å². The summed E-state index contributed by atoms with van der Waals surface area (Å²) in [5.41, 5.74) is 3.69. The van der Waals surface area contributed by atoms with Gasteiger partial charge in [0.05, 0.1) is 5.52 Å². The summed E-state index contributed by atoms with van der Waals surface area (Å²) in [7, 11) is 0. The highest BCUT2D eigenvalue weighted by atomic mass is 14.9. The van der Waals surface area contributed by atoms with Crippen LogP contribution in [0.5, 0.6) is 0 Å². The van der Waals surface area contributed by atoms with Crippen LogP contribution in [0.3, 0.4) is 0 Å². The molecule has 0 amide bonds. The molecule has 1 aromatic carbocycles. The number of hydrogen-bond acceptors (Lipinski definition) is 2. The molecular formula is C16H22N2. The van der Waals surface area contributed by atoms with Crippen molar-refractivity contribution >= 4 is 16.6 Å². The van der Waals surface area contributed by atoms with E-state index in [0.717, 1.165) is 24.2 Å². The summed E-state index contributed by atoms with van der Waals surface area (Å²) in [6, 6.07) is 10.4. The highest BCUT2D eigenvalue weighted by Crippen LogP contribution is 2.24. The average molecular weight is 242 g/mol. The third-order valence-electron chi connectivity index (χ3n) is 3.03. The number of fused-ring (bicyclic) bond motifs is 1. The number of pyridine rings is 1. The highest BCUT2D eigenvalue weighted by Gasteiger charge is 2.10. The number of rotatable bonds is 3. The van der Waals surface area contributed by atoms with Gasteiger partial charge in [-0.15, -0.1) is 0 Å². The van der Waals surface area contributed by atoms with Crippen LogP contribution in [0.2, 0.25) is 0 Å². The molecule has 0 atom stereocenters. The van der Waals surface area contributed by atoms with Gasteiger partial charge in [0.15, 0.2) is 0 Å². The Kier molecular flexibility index (Phi) is 3.55. The fraction of sp³-hybridized carbons (Fsp3) is 0.438. The predicted octanol–water partition coefficient (Wildman–Crippen LogP) is 4.39. The SMILES string of the molecule is Cc1cc(NCCC(C)(C)C)c2ccccc2n1. The Morgan fingerprint density at radius 2 is 1.89 bits per heavy atom. The summed E-state index contributed by atoms with van der Waals surface area (Å²) >= 11 is 0. The largest absolute Gasteiger partial charge is 0.384 e. The molecule has 0 radical (unpaired) electrons. The van der Waals surface area contributed by atoms with Gasteiger partial charge >= 0.3 is 0 Å². The number of benzene rings is 1. The summed E-state index contributed by atoms with van der Waals surface area (Å²) in [6.07, 6.45) is 1.16. The van der Waals surface area contributed by atoms with E-state index in [9.17, 15) is 0 Å². The average Bonchev–Trinajstić information content (AvgIpc) is 2.27. The first-order valence-electron chi connectivity index (χ1n) is 6.56. The molecule has 2 heteroatoms. The Balaban J connectivity index is 2.22. The first kappa shape index (κ1) is 12.9. The maximum absolute atomic E-state index is 4.55. The van der Waals surface area contributed by atoms with Crippen LogP contribution < -0.4 is 5.32 Å². The van der Waals surface area contributed by atoms with Crippen molar-refractivity contribution < 1.29 is 0 Å². The van der Waals surface area contributed by atoms with Crippen molar-refractivity contribution in [1.29, 1.82) is 0 Å². The van der Waals surface area contributed by atoms with Crippen molar-refractivity contribution in [3.05, 3.63) is 36.0 Å². The highest BCUT2D eigenvalue weighted by molar-refractivity contribution is 5.91. The predicted molar refractivity (Wildman–Crippen MR) is 79.0 cm³/mol. The van der Waals surface area contributed by atoms with Crippen molar-refractivity contribution in [1.82, 2.24) is 4.98 Å². The van der Waals surface area contributed by atoms with Crippen LogP contribution in [0.25, 0.3) is 10.9 Å². The lowest BCUT2D eigenvalue weighted by molar-refractivity contribution is 0.390. The third-order valence-corrected chi connectivity index (χ3v) is 3.03. The Bertz CT molecular complexity index is 538. The number of nitrogens with one attached hydrogen (secondary N) is 1. The molecule has 2 nitrogen and oxygen atoms in total. The first-order chi connectivity index (χ1) is 8.46. The molecule has 18 heavy (non-hydrogen) atoms. The van der Waals surface area contributed by atoms with Gasteiger partial charge < -0.3 is 5.32 Å². The van der Waals surface area contributed by atoms with Crippen molar-refractivity contribution in [3.63, 3.8) is 0 Å². The Hall–Kier alpha value is -1.57. The number of hydrogen-bond donors (Lipinski definition) is 1. The number of aryl methyl sites for hydroxylation is 1. The van der Waals surface area contributed by atoms with Crippen LogP contribution in [-0.4, -0.2) is 11.5 Å². The van der Waals surface area contributed by atoms with Crippen LogP contribution >= 0.6 is 0 Å². The van der Waals surface area contributed by atoms with Crippen molar-refractivity contribution in [2.45, 2.75) is 34.1 Å². The third kappa shape index (κ3) is 3.22. The second kappa shape index (κ2) is 4.97. The van der Waals surface area contributed by atoms with E-state index in [1.165, 1.54) is 11.1 Å². The van der Waals surface area contributed by atoms with Gasteiger partial charge in [0.25, 0.3) is 0 Å². The van der Waals surface area contributed by atoms with E-state index in [1.807, 2.05) is 13.0 Å². The number of nitrogens with zero attached hydrogens (tertiary/aromatic N) is 1. The number of para-hydroxylation sites is 1. The maximum Gasteiger partial charge on any atom is 0.0725 e. The lowest BCUT2D eigenvalue weighted by atomic mass is 9.92. The molecule has 0 unspecified atom stereocenters. The van der Waals surface area contributed by atoms with Gasteiger partial charge in [-0.25, -0.2) is 0 Å². The van der Waals surface area contributed by atoms with Gasteiger partial charge in [0.1, 0.15) is 0 Å². The molecule has 1 aromatic heterocycles. The molecule has 0 aliphatic carbocycles. The normalized spacial score (nSPS) is 11.8. The maximum atomic E-state index is 4.55. The molecule has 0 saturated carbocycles. The van der Waals surface area contributed by atoms with Crippen LogP contribution in [0.1, 0.15) is 32.9 Å². The number of anilines is 1. The van der Waals surface area contributed by atoms with Crippen LogP contribution in [0.15, 0.2) is 30.3 Å². The minimum absolute atomic E-state index is 0.366. The first-order valence-corrected chi connectivity index (χ1v) is 6.56. The van der Waals surface area contributed by atoms with E-state index in [0.29, 0.717) is 5.41 Å². The van der Waals surface area contributed by atoms with E-state index in [4.69, 9.17) is 0 Å². The summed E-state index contributed by atoms with van der Waals surface area (Å²) in [6.45, 7) is 9.85. The minimum Gasteiger partial charge on any atom is -0.384 e. The molecule has 0 saturated heterocycles. The summed E-state index contributed by atoms with van der Waals surface area (Å²) in [5.74, 6) is 0. The van der Waals surface area contributed by atoms with E-state index < -0.39 is 0 Å². The quantitative estimate of drug-likeness (QED) is 0.863. The lowest BCUT2D eigenvalue weighted by Crippen LogP contribution is -2.13. The molecule has 0 aliphatic heterocycles. The van der Waals surface area contributed by atoms with E-state index in [2.05, 4.69) is 55.3 Å². The standard InChI is InChI=1S/C16H22N2/c1-12-11-15(17-10-9-16(2,3)4)13-7-5-6-8-14(13)18-12/h5-8,11H,9-10H2,1-4H3,(H,17,18). The fourth-order valence-electron chi connectivity index (χ4n) is 2.03. The zero-order chi connectivity index (χ0) is 13.2. The minimum atomic E-state index is 0.366. The lowest BCUT2D eigenvalue weighted by Gasteiger charge is -2.19. The van der Waals surface area contributed by atoms with Gasteiger partial charge in [-0.2, -0.15) is 0 Å². The van der Waals surface area contributed by atoms with E-state index in [1.54, 1.807) is 0 Å². The molecular weight excluding hydrogens is 220 g/mol. The van der Waals surface area contributed by atoms with Crippen LogP contribution in [0, 0.1) is 12.3 Å². The fourth-order valence-corrected chi connectivity index (χ4v) is 2.03. The topological polar surface area (TPSA) is 24.9 Å². The molecule has 1 N–H and O–H groups in total. The molecule has 96 valence electrons. The summed E-state index contributed by atoms with van der Waals surface area (Å²) in [4.78, 5) is 4.55. The van der Waals surface area contributed by atoms with Crippen molar-refractivity contribution in [3.8, 4) is 0 Å². The summed E-state index contributed by atoms with van der Waals surface area (Å²) in [5, 5.41) is 4.75. The summed E-state index contributed by atoms with van der Waals surface area (Å²) < 4.78 is 0. The monoisotopic (exact) mass is 242 g/mol. The van der Waals surface area contributed by atoms with Gasteiger partial charge in [-0.05, 0) is 30.9 Å². The molecule has 1 heterocycles. The smallest absolute Gasteiger partial charge is 0.0725 e. The van der Waals surface area contributed by atoms with Crippen LogP contribution in [-0.2, 0) is 0 Å². The Morgan fingerprint density at radius 3 is 2.61 bits per heavy atom. The molecule has 2 aromatic rings. The second-order valence-electron chi connectivity index (χ2n) is 6.07. The van der Waals surface area contributed by atoms with Crippen molar-refractivity contribution in [2.24, 2.45) is 5.41 Å². The molecule has 0 bridgehead atoms. The second-order valence-corrected chi connectivity index (χ2v) is 6.07. The Labute approximate surface area is 109 Å². The van der Waals surface area contributed by atoms with E-state index >= 15 is 0 Å². The van der Waals surface area contributed by atoms with Crippen molar-refractivity contribution in [2.75, 3.05) is 11.9 Å². The van der Waals surface area contributed by atoms with Gasteiger partial charge in [0.2, 0.25) is 0 Å². The Morgan fingerprint density at radius 1 is 1.17 bits per heavy atom. The van der Waals surface area contributed by atoms with Gasteiger partial charge in [-0.3, -0.25) is 4.98 Å². The van der Waals surface area contributed by atoms with Gasteiger partial charge in [-0.1, -0.05) is 39.0 Å². The number of aromatic nitrogens is 1. The molecule has 0 spiro atoms. The zero-order valence-corrected chi connectivity index (χ0v) is 11.7. The molecule has 0 aliphatic rings. The van der Waals surface area contributed by atoms with E-state index in [-0.39, 0.29) is 0 Å². The van der Waals surface area contributed by atoms with Crippen LogP contribution in [0.4, 0.5) is 5.69 Å². The zero-order valence-electron chi connectivity index (χ0n) is 11.7.